The minimum absolute atomic E-state index is 0.0598. The number of imidazole rings is 1. The monoisotopic (exact) mass is 384 g/mol. The molecular formula is C24H36N2O2. The molecule has 0 aromatic carbocycles. The van der Waals surface area contributed by atoms with E-state index < -0.39 is 0 Å². The molecule has 4 aliphatic rings. The summed E-state index contributed by atoms with van der Waals surface area (Å²) in [5.74, 6) is 4.14. The van der Waals surface area contributed by atoms with E-state index >= 15 is 0 Å². The second kappa shape index (κ2) is 6.60. The molecule has 1 heterocycles. The summed E-state index contributed by atoms with van der Waals surface area (Å²) in [4.78, 5) is 16.9. The van der Waals surface area contributed by atoms with Crippen LogP contribution in [0.5, 0.6) is 0 Å². The fourth-order valence-corrected chi connectivity index (χ4v) is 8.19. The smallest absolute Gasteiger partial charge is 0.419 e. The van der Waals surface area contributed by atoms with Crippen LogP contribution in [0.1, 0.15) is 83.9 Å². The van der Waals surface area contributed by atoms with Crippen LogP contribution >= 0.6 is 0 Å². The van der Waals surface area contributed by atoms with Crippen molar-refractivity contribution < 1.29 is 9.53 Å². The summed E-state index contributed by atoms with van der Waals surface area (Å²) >= 11 is 0. The van der Waals surface area contributed by atoms with Gasteiger partial charge in [-0.25, -0.2) is 14.3 Å². The van der Waals surface area contributed by atoms with Crippen molar-refractivity contribution in [2.24, 2.45) is 34.5 Å². The molecule has 0 spiro atoms. The van der Waals surface area contributed by atoms with E-state index in [9.17, 15) is 4.79 Å². The Hall–Kier alpha value is -1.32. The number of ether oxygens (including phenoxy) is 1. The van der Waals surface area contributed by atoms with Crippen molar-refractivity contribution in [3.8, 4) is 0 Å². The van der Waals surface area contributed by atoms with E-state index in [2.05, 4.69) is 18.8 Å². The van der Waals surface area contributed by atoms with Gasteiger partial charge >= 0.3 is 6.09 Å². The molecule has 0 saturated heterocycles. The van der Waals surface area contributed by atoms with Crippen molar-refractivity contribution in [3.05, 3.63) is 18.2 Å². The molecule has 0 unspecified atom stereocenters. The van der Waals surface area contributed by atoms with Gasteiger partial charge in [0.25, 0.3) is 0 Å². The second-order valence-electron chi connectivity index (χ2n) is 10.7. The van der Waals surface area contributed by atoms with Crippen molar-refractivity contribution in [2.45, 2.75) is 91.1 Å². The molecule has 0 N–H and O–H groups in total. The van der Waals surface area contributed by atoms with Crippen molar-refractivity contribution in [1.29, 1.82) is 0 Å². The highest BCUT2D eigenvalue weighted by molar-refractivity contribution is 5.71. The lowest BCUT2D eigenvalue weighted by molar-refractivity contribution is -0.121. The largest absolute Gasteiger partial charge is 0.445 e. The zero-order chi connectivity index (χ0) is 19.5. The maximum absolute atomic E-state index is 12.7. The molecule has 0 radical (unpaired) electrons. The summed E-state index contributed by atoms with van der Waals surface area (Å²) in [6, 6.07) is 0. The fourth-order valence-electron chi connectivity index (χ4n) is 8.19. The van der Waals surface area contributed by atoms with Crippen LogP contribution in [0.25, 0.3) is 0 Å². The molecule has 0 bridgehead atoms. The quantitative estimate of drug-likeness (QED) is 0.598. The number of carbonyl (C=O) groups is 1. The van der Waals surface area contributed by atoms with Gasteiger partial charge in [-0.15, -0.1) is 0 Å². The van der Waals surface area contributed by atoms with Crippen LogP contribution in [0.2, 0.25) is 0 Å². The molecule has 4 nitrogen and oxygen atoms in total. The predicted molar refractivity (Wildman–Crippen MR) is 109 cm³/mol. The number of hydrogen-bond donors (Lipinski definition) is 0. The number of nitrogens with zero attached hydrogens (tertiary/aromatic N) is 2. The Balaban J connectivity index is 1.35. The van der Waals surface area contributed by atoms with E-state index in [1.807, 2.05) is 6.92 Å². The van der Waals surface area contributed by atoms with Gasteiger partial charge in [-0.3, -0.25) is 0 Å². The number of hydrogen-bond acceptors (Lipinski definition) is 3. The van der Waals surface area contributed by atoms with Gasteiger partial charge in [-0.2, -0.15) is 0 Å². The first-order valence-electron chi connectivity index (χ1n) is 11.6. The van der Waals surface area contributed by atoms with Gasteiger partial charge in [-0.1, -0.05) is 26.7 Å². The molecular weight excluding hydrogens is 348 g/mol. The van der Waals surface area contributed by atoms with Crippen LogP contribution in [0.3, 0.4) is 0 Å². The molecule has 4 heteroatoms. The van der Waals surface area contributed by atoms with Crippen LogP contribution in [0.4, 0.5) is 4.79 Å². The Morgan fingerprint density at radius 1 is 1.04 bits per heavy atom. The molecule has 28 heavy (non-hydrogen) atoms. The van der Waals surface area contributed by atoms with E-state index in [4.69, 9.17) is 4.74 Å². The number of aromatic nitrogens is 2. The van der Waals surface area contributed by atoms with Crippen LogP contribution in [0, 0.1) is 41.4 Å². The predicted octanol–water partition coefficient (Wildman–Crippen LogP) is 5.98. The highest BCUT2D eigenvalue weighted by Gasteiger charge is 2.60. The minimum Gasteiger partial charge on any atom is -0.445 e. The van der Waals surface area contributed by atoms with E-state index in [1.165, 1.54) is 57.8 Å². The lowest BCUT2D eigenvalue weighted by Gasteiger charge is -2.60. The first-order chi connectivity index (χ1) is 13.4. The molecule has 0 aliphatic heterocycles. The Kier molecular flexibility index (Phi) is 4.41. The first kappa shape index (κ1) is 18.7. The van der Waals surface area contributed by atoms with Crippen molar-refractivity contribution in [1.82, 2.24) is 9.55 Å². The van der Waals surface area contributed by atoms with E-state index in [1.54, 1.807) is 17.0 Å². The van der Waals surface area contributed by atoms with Gasteiger partial charge in [-0.05, 0) is 87.4 Å². The molecule has 4 aliphatic carbocycles. The maximum atomic E-state index is 12.7. The van der Waals surface area contributed by atoms with Crippen LogP contribution in [-0.2, 0) is 4.74 Å². The minimum atomic E-state index is -0.244. The van der Waals surface area contributed by atoms with Crippen LogP contribution < -0.4 is 0 Å². The molecule has 7 atom stereocenters. The van der Waals surface area contributed by atoms with E-state index in [-0.39, 0.29) is 17.6 Å². The summed E-state index contributed by atoms with van der Waals surface area (Å²) in [6.07, 6.45) is 16.7. The third kappa shape index (κ3) is 2.62. The zero-order valence-corrected chi connectivity index (χ0v) is 17.8. The number of rotatable bonds is 1. The van der Waals surface area contributed by atoms with Gasteiger partial charge in [0.1, 0.15) is 11.9 Å². The standard InChI is InChI=1S/C24H36N2O2/c1-16-25-14-15-26(16)22(27)28-21-10-9-19-18-8-7-17-6-4-5-12-23(17,2)20(18)11-13-24(19,21)3/h14-15,17-21H,4-13H2,1-3H3/t17-,18+,19+,20+,21+,23+,24+/m1/s1. The lowest BCUT2D eigenvalue weighted by Crippen LogP contribution is -2.53. The molecule has 1 aromatic heterocycles. The summed E-state index contributed by atoms with van der Waals surface area (Å²) in [7, 11) is 0. The summed E-state index contributed by atoms with van der Waals surface area (Å²) < 4.78 is 7.66. The van der Waals surface area contributed by atoms with Gasteiger partial charge in [0.15, 0.2) is 0 Å². The summed E-state index contributed by atoms with van der Waals surface area (Å²) in [5, 5.41) is 0. The molecule has 1 aromatic rings. The average Bonchev–Trinajstić information content (AvgIpc) is 3.24. The molecule has 0 amide bonds. The van der Waals surface area contributed by atoms with Gasteiger partial charge in [0, 0.05) is 17.8 Å². The summed E-state index contributed by atoms with van der Waals surface area (Å²) in [5.41, 5.74) is 0.731. The normalized spacial score (nSPS) is 45.0. The van der Waals surface area contributed by atoms with Gasteiger partial charge in [0.2, 0.25) is 0 Å². The molecule has 5 rings (SSSR count). The Morgan fingerprint density at radius 3 is 2.64 bits per heavy atom. The van der Waals surface area contributed by atoms with E-state index in [0.717, 1.165) is 30.1 Å². The Bertz CT molecular complexity index is 758. The van der Waals surface area contributed by atoms with Crippen molar-refractivity contribution in [3.63, 3.8) is 0 Å². The third-order valence-corrected chi connectivity index (χ3v) is 9.76. The Morgan fingerprint density at radius 2 is 1.86 bits per heavy atom. The number of aryl methyl sites for hydroxylation is 1. The molecule has 4 saturated carbocycles. The lowest BCUT2D eigenvalue weighted by atomic mass is 9.45. The number of carbonyl (C=O) groups excluding carboxylic acids is 1. The third-order valence-electron chi connectivity index (χ3n) is 9.76. The SMILES string of the molecule is Cc1nccn1C(=O)O[C@H]1CC[C@H]2[C@@H]3CC[C@H]4CCCC[C@]4(C)[C@H]3CC[C@]12C. The fraction of sp³-hybridized carbons (Fsp3) is 0.833. The van der Waals surface area contributed by atoms with Crippen LogP contribution in [-0.4, -0.2) is 21.7 Å². The first-order valence-corrected chi connectivity index (χ1v) is 11.6. The molecule has 154 valence electrons. The average molecular weight is 385 g/mol. The zero-order valence-electron chi connectivity index (χ0n) is 17.8. The number of fused-ring (bicyclic) bond motifs is 5. The molecule has 4 fully saturated rings. The van der Waals surface area contributed by atoms with Gasteiger partial charge < -0.3 is 4.74 Å². The van der Waals surface area contributed by atoms with Gasteiger partial charge in [0.05, 0.1) is 0 Å². The highest BCUT2D eigenvalue weighted by Crippen LogP contribution is 2.66. The van der Waals surface area contributed by atoms with E-state index in [0.29, 0.717) is 11.2 Å². The topological polar surface area (TPSA) is 44.1 Å². The van der Waals surface area contributed by atoms with Crippen LogP contribution in [0.15, 0.2) is 12.4 Å². The maximum Gasteiger partial charge on any atom is 0.419 e. The summed E-state index contributed by atoms with van der Waals surface area (Å²) in [6.45, 7) is 6.91. The van der Waals surface area contributed by atoms with Crippen molar-refractivity contribution >= 4 is 6.09 Å². The second-order valence-corrected chi connectivity index (χ2v) is 10.7. The highest BCUT2D eigenvalue weighted by atomic mass is 16.6. The Labute approximate surface area is 169 Å². The van der Waals surface area contributed by atoms with Crippen molar-refractivity contribution in [2.75, 3.05) is 0 Å².